The summed E-state index contributed by atoms with van der Waals surface area (Å²) in [5.41, 5.74) is 2.72. The number of fused-ring (bicyclic) bond motifs is 1. The van der Waals surface area contributed by atoms with Gasteiger partial charge in [0.25, 0.3) is 0 Å². The molecular weight excluding hydrogens is 228 g/mol. The van der Waals surface area contributed by atoms with Crippen LogP contribution in [0.5, 0.6) is 5.75 Å². The number of benzene rings is 2. The van der Waals surface area contributed by atoms with E-state index in [0.717, 1.165) is 22.4 Å². The molecule has 0 spiro atoms. The number of hydrogen-bond donors (Lipinski definition) is 0. The smallest absolute Gasteiger partial charge is 0.171 e. The summed E-state index contributed by atoms with van der Waals surface area (Å²) in [6, 6.07) is 15.0. The number of carbonyl (C=O) groups is 1. The fraction of sp³-hybridized carbons (Fsp3) is 0.133. The van der Waals surface area contributed by atoms with E-state index in [9.17, 15) is 4.79 Å². The van der Waals surface area contributed by atoms with Crippen molar-refractivity contribution in [3.05, 3.63) is 65.2 Å². The Hall–Kier alpha value is -2.13. The molecule has 0 fully saturated rings. The molecule has 90 valence electrons. The highest BCUT2D eigenvalue weighted by molar-refractivity contribution is 5.97. The van der Waals surface area contributed by atoms with Gasteiger partial charge in [0.15, 0.2) is 11.5 Å². The van der Waals surface area contributed by atoms with Gasteiger partial charge in [0.2, 0.25) is 0 Å². The molecular formula is C15H12O3. The molecule has 0 atom stereocenters. The van der Waals surface area contributed by atoms with Crippen molar-refractivity contribution in [3.63, 3.8) is 0 Å². The molecule has 0 amide bonds. The molecule has 0 bridgehead atoms. The van der Waals surface area contributed by atoms with Gasteiger partial charge < -0.3 is 4.89 Å². The molecule has 1 heterocycles. The normalized spacial score (nSPS) is 12.9. The van der Waals surface area contributed by atoms with E-state index < -0.39 is 0 Å². The van der Waals surface area contributed by atoms with Crippen molar-refractivity contribution in [1.82, 2.24) is 0 Å². The van der Waals surface area contributed by atoms with Crippen LogP contribution in [0.1, 0.15) is 21.5 Å². The van der Waals surface area contributed by atoms with E-state index >= 15 is 0 Å². The molecule has 0 N–H and O–H groups in total. The molecule has 1 aliphatic rings. The fourth-order valence-corrected chi connectivity index (χ4v) is 2.00. The van der Waals surface area contributed by atoms with Crippen molar-refractivity contribution in [2.24, 2.45) is 0 Å². The lowest BCUT2D eigenvalue weighted by molar-refractivity contribution is -0.194. The van der Waals surface area contributed by atoms with Gasteiger partial charge in [-0.15, -0.1) is 0 Å². The van der Waals surface area contributed by atoms with Crippen LogP contribution in [-0.4, -0.2) is 5.78 Å². The summed E-state index contributed by atoms with van der Waals surface area (Å²) in [4.78, 5) is 21.9. The summed E-state index contributed by atoms with van der Waals surface area (Å²) >= 11 is 0. The fourth-order valence-electron chi connectivity index (χ4n) is 2.00. The highest BCUT2D eigenvalue weighted by Gasteiger charge is 2.15. The molecule has 18 heavy (non-hydrogen) atoms. The topological polar surface area (TPSA) is 35.5 Å². The first-order valence-electron chi connectivity index (χ1n) is 5.82. The molecule has 2 aromatic rings. The third-order valence-corrected chi connectivity index (χ3v) is 2.95. The maximum atomic E-state index is 12.1. The van der Waals surface area contributed by atoms with E-state index in [-0.39, 0.29) is 5.78 Å². The predicted molar refractivity (Wildman–Crippen MR) is 66.3 cm³/mol. The van der Waals surface area contributed by atoms with E-state index in [1.165, 1.54) is 0 Å². The van der Waals surface area contributed by atoms with Gasteiger partial charge in [0.1, 0.15) is 6.61 Å². The summed E-state index contributed by atoms with van der Waals surface area (Å²) in [6.07, 6.45) is 0.400. The van der Waals surface area contributed by atoms with Crippen LogP contribution < -0.4 is 4.89 Å². The molecule has 3 rings (SSSR count). The van der Waals surface area contributed by atoms with Crippen LogP contribution in [0.3, 0.4) is 0 Å². The van der Waals surface area contributed by atoms with Crippen LogP contribution in [0.4, 0.5) is 0 Å². The molecule has 2 aromatic carbocycles. The average molecular weight is 240 g/mol. The second-order valence-corrected chi connectivity index (χ2v) is 4.25. The Morgan fingerprint density at radius 2 is 1.94 bits per heavy atom. The number of carbonyl (C=O) groups excluding carboxylic acids is 1. The second-order valence-electron chi connectivity index (χ2n) is 4.25. The van der Waals surface area contributed by atoms with Crippen molar-refractivity contribution in [2.75, 3.05) is 0 Å². The predicted octanol–water partition coefficient (Wildman–Crippen LogP) is 2.94. The molecule has 3 heteroatoms. The third kappa shape index (κ3) is 2.13. The first-order valence-corrected chi connectivity index (χ1v) is 5.82. The Balaban J connectivity index is 1.79. The van der Waals surface area contributed by atoms with Crippen molar-refractivity contribution in [3.8, 4) is 5.75 Å². The molecule has 0 saturated heterocycles. The lowest BCUT2D eigenvalue weighted by Crippen LogP contribution is -2.03. The van der Waals surface area contributed by atoms with Crippen LogP contribution in [0.15, 0.2) is 48.5 Å². The van der Waals surface area contributed by atoms with Crippen molar-refractivity contribution >= 4 is 5.78 Å². The van der Waals surface area contributed by atoms with E-state index in [2.05, 4.69) is 0 Å². The highest BCUT2D eigenvalue weighted by Crippen LogP contribution is 2.27. The van der Waals surface area contributed by atoms with Gasteiger partial charge in [-0.25, -0.2) is 0 Å². The van der Waals surface area contributed by atoms with Crippen LogP contribution in [0, 0.1) is 0 Å². The number of rotatable bonds is 3. The van der Waals surface area contributed by atoms with Gasteiger partial charge in [0, 0.05) is 17.5 Å². The van der Waals surface area contributed by atoms with Gasteiger partial charge in [0.05, 0.1) is 0 Å². The summed E-state index contributed by atoms with van der Waals surface area (Å²) in [6.45, 7) is 0.447. The van der Waals surface area contributed by atoms with E-state index in [0.29, 0.717) is 13.0 Å². The average Bonchev–Trinajstić information content (AvgIpc) is 2.87. The lowest BCUT2D eigenvalue weighted by atomic mass is 10.0. The largest absolute Gasteiger partial charge is 0.337 e. The summed E-state index contributed by atoms with van der Waals surface area (Å²) < 4.78 is 0. The molecule has 0 radical (unpaired) electrons. The van der Waals surface area contributed by atoms with Crippen molar-refractivity contribution < 1.29 is 14.6 Å². The van der Waals surface area contributed by atoms with E-state index in [4.69, 9.17) is 9.78 Å². The third-order valence-electron chi connectivity index (χ3n) is 2.95. The summed E-state index contributed by atoms with van der Waals surface area (Å²) in [5, 5.41) is 0. The van der Waals surface area contributed by atoms with Gasteiger partial charge in [-0.2, -0.15) is 4.89 Å². The molecule has 0 saturated carbocycles. The first kappa shape index (κ1) is 11.0. The zero-order chi connectivity index (χ0) is 12.4. The highest BCUT2D eigenvalue weighted by atomic mass is 17.2. The zero-order valence-corrected chi connectivity index (χ0v) is 9.76. The number of ketones is 1. The Kier molecular flexibility index (Phi) is 2.82. The monoisotopic (exact) mass is 240 g/mol. The Labute approximate surface area is 105 Å². The van der Waals surface area contributed by atoms with Gasteiger partial charge in [-0.1, -0.05) is 36.4 Å². The van der Waals surface area contributed by atoms with Gasteiger partial charge in [-0.3, -0.25) is 4.79 Å². The standard InChI is InChI=1S/C15H12O3/c16-14(12-4-2-1-3-5-12)9-11-6-7-15-13(8-11)10-17-18-15/h1-8H,9-10H2. The molecule has 0 aromatic heterocycles. The Bertz CT molecular complexity index is 576. The van der Waals surface area contributed by atoms with Gasteiger partial charge in [-0.05, 0) is 17.7 Å². The molecule has 0 unspecified atom stereocenters. The Morgan fingerprint density at radius 1 is 1.11 bits per heavy atom. The van der Waals surface area contributed by atoms with Crippen molar-refractivity contribution in [2.45, 2.75) is 13.0 Å². The number of Topliss-reactive ketones (excluding diaryl/α,β-unsaturated/α-hetero) is 1. The SMILES string of the molecule is O=C(Cc1ccc2c(c1)COO2)c1ccccc1. The molecule has 1 aliphatic heterocycles. The minimum absolute atomic E-state index is 0.121. The summed E-state index contributed by atoms with van der Waals surface area (Å²) in [5.74, 6) is 0.862. The minimum Gasteiger partial charge on any atom is -0.337 e. The zero-order valence-electron chi connectivity index (χ0n) is 9.76. The second kappa shape index (κ2) is 4.63. The van der Waals surface area contributed by atoms with Crippen LogP contribution in [0.2, 0.25) is 0 Å². The van der Waals surface area contributed by atoms with Crippen LogP contribution >= 0.6 is 0 Å². The number of hydrogen-bond acceptors (Lipinski definition) is 3. The minimum atomic E-state index is 0.121. The quantitative estimate of drug-likeness (QED) is 0.611. The van der Waals surface area contributed by atoms with Gasteiger partial charge >= 0.3 is 0 Å². The Morgan fingerprint density at radius 3 is 2.78 bits per heavy atom. The maximum Gasteiger partial charge on any atom is 0.171 e. The maximum absolute atomic E-state index is 12.1. The van der Waals surface area contributed by atoms with E-state index in [1.54, 1.807) is 0 Å². The molecule has 0 aliphatic carbocycles. The van der Waals surface area contributed by atoms with Crippen LogP contribution in [0.25, 0.3) is 0 Å². The lowest BCUT2D eigenvalue weighted by Gasteiger charge is -2.02. The van der Waals surface area contributed by atoms with Crippen molar-refractivity contribution in [1.29, 1.82) is 0 Å². The summed E-state index contributed by atoms with van der Waals surface area (Å²) in [7, 11) is 0. The first-order chi connectivity index (χ1) is 8.83. The van der Waals surface area contributed by atoms with Crippen LogP contribution in [-0.2, 0) is 17.9 Å². The van der Waals surface area contributed by atoms with E-state index in [1.807, 2.05) is 48.5 Å². The molecule has 3 nitrogen and oxygen atoms in total.